The van der Waals surface area contributed by atoms with Crippen molar-refractivity contribution >= 4 is 11.6 Å². The highest BCUT2D eigenvalue weighted by Crippen LogP contribution is 2.18. The summed E-state index contributed by atoms with van der Waals surface area (Å²) in [6.07, 6.45) is 2.02. The average molecular weight is 261 g/mol. The Morgan fingerprint density at radius 1 is 1.32 bits per heavy atom. The van der Waals surface area contributed by atoms with Crippen LogP contribution in [0.2, 0.25) is 0 Å². The number of hydrogen-bond acceptors (Lipinski definition) is 4. The highest BCUT2D eigenvalue weighted by Gasteiger charge is 2.08. The topological polar surface area (TPSA) is 71.7 Å². The Morgan fingerprint density at radius 2 is 2.21 bits per heavy atom. The van der Waals surface area contributed by atoms with Gasteiger partial charge in [0, 0.05) is 24.8 Å². The number of ether oxygens (including phenoxy) is 1. The van der Waals surface area contributed by atoms with Crippen LogP contribution in [-0.4, -0.2) is 24.2 Å². The standard InChI is InChI=1S/C14H15NO4/c16-7-3-9-18-12-5-1-4-11(10-12)15-14(17)13-6-2-8-19-13/h1-2,4-6,8,10,16H,3,7,9H2,(H,15,17). The molecule has 1 aromatic heterocycles. The van der Waals surface area contributed by atoms with E-state index in [4.69, 9.17) is 14.3 Å². The molecule has 2 aromatic rings. The maximum Gasteiger partial charge on any atom is 0.291 e. The molecule has 0 aliphatic rings. The van der Waals surface area contributed by atoms with Crippen molar-refractivity contribution < 1.29 is 19.1 Å². The number of hydrogen-bond donors (Lipinski definition) is 2. The predicted octanol–water partition coefficient (Wildman–Crippen LogP) is 2.29. The molecule has 0 atom stereocenters. The zero-order chi connectivity index (χ0) is 13.5. The number of aliphatic hydroxyl groups excluding tert-OH is 1. The third kappa shape index (κ3) is 3.86. The molecule has 1 heterocycles. The minimum absolute atomic E-state index is 0.0922. The number of aliphatic hydroxyl groups is 1. The lowest BCUT2D eigenvalue weighted by atomic mass is 10.3. The normalized spacial score (nSPS) is 10.2. The Labute approximate surface area is 110 Å². The van der Waals surface area contributed by atoms with Crippen molar-refractivity contribution in [2.24, 2.45) is 0 Å². The van der Waals surface area contributed by atoms with E-state index in [1.54, 1.807) is 36.4 Å². The number of rotatable bonds is 6. The number of carbonyl (C=O) groups is 1. The van der Waals surface area contributed by atoms with Crippen LogP contribution >= 0.6 is 0 Å². The lowest BCUT2D eigenvalue weighted by molar-refractivity contribution is 0.0996. The molecule has 5 heteroatoms. The van der Waals surface area contributed by atoms with E-state index < -0.39 is 0 Å². The molecule has 0 fully saturated rings. The molecule has 0 radical (unpaired) electrons. The fourth-order valence-electron chi connectivity index (χ4n) is 1.52. The van der Waals surface area contributed by atoms with Crippen molar-refractivity contribution in [3.8, 4) is 5.75 Å². The molecule has 0 spiro atoms. The molecule has 0 saturated carbocycles. The second-order valence-electron chi connectivity index (χ2n) is 3.88. The summed E-state index contributed by atoms with van der Waals surface area (Å²) >= 11 is 0. The summed E-state index contributed by atoms with van der Waals surface area (Å²) in [6.45, 7) is 0.529. The molecule has 2 rings (SSSR count). The van der Waals surface area contributed by atoms with Gasteiger partial charge < -0.3 is 19.6 Å². The molecule has 19 heavy (non-hydrogen) atoms. The molecule has 0 unspecified atom stereocenters. The van der Waals surface area contributed by atoms with Gasteiger partial charge in [-0.05, 0) is 24.3 Å². The number of furan rings is 1. The summed E-state index contributed by atoms with van der Waals surface area (Å²) in [6, 6.07) is 10.3. The number of anilines is 1. The first kappa shape index (κ1) is 13.2. The molecule has 5 nitrogen and oxygen atoms in total. The van der Waals surface area contributed by atoms with Crippen LogP contribution in [0.5, 0.6) is 5.75 Å². The second kappa shape index (κ2) is 6.61. The zero-order valence-electron chi connectivity index (χ0n) is 10.3. The van der Waals surface area contributed by atoms with Crippen molar-refractivity contribution in [3.05, 3.63) is 48.4 Å². The molecule has 1 amide bonds. The molecular formula is C14H15NO4. The summed E-state index contributed by atoms with van der Waals surface area (Å²) in [4.78, 5) is 11.8. The van der Waals surface area contributed by atoms with Gasteiger partial charge in [0.2, 0.25) is 0 Å². The SMILES string of the molecule is O=C(Nc1cccc(OCCCO)c1)c1ccco1. The first-order valence-electron chi connectivity index (χ1n) is 5.98. The van der Waals surface area contributed by atoms with Crippen molar-refractivity contribution in [2.45, 2.75) is 6.42 Å². The maximum absolute atomic E-state index is 11.8. The smallest absolute Gasteiger partial charge is 0.291 e. The highest BCUT2D eigenvalue weighted by molar-refractivity contribution is 6.02. The Hall–Kier alpha value is -2.27. The quantitative estimate of drug-likeness (QED) is 0.783. The first-order chi connectivity index (χ1) is 9.29. The summed E-state index contributed by atoms with van der Waals surface area (Å²) in [5.41, 5.74) is 0.628. The van der Waals surface area contributed by atoms with Crippen molar-refractivity contribution in [3.63, 3.8) is 0 Å². The lowest BCUT2D eigenvalue weighted by Crippen LogP contribution is -2.10. The van der Waals surface area contributed by atoms with Gasteiger partial charge in [0.1, 0.15) is 5.75 Å². The van der Waals surface area contributed by atoms with Crippen molar-refractivity contribution in [1.82, 2.24) is 0 Å². The van der Waals surface area contributed by atoms with Crippen LogP contribution in [0.25, 0.3) is 0 Å². The van der Waals surface area contributed by atoms with E-state index in [2.05, 4.69) is 5.32 Å². The van der Waals surface area contributed by atoms with E-state index in [1.807, 2.05) is 0 Å². The fourth-order valence-corrected chi connectivity index (χ4v) is 1.52. The molecule has 0 aliphatic carbocycles. The molecule has 0 bridgehead atoms. The van der Waals surface area contributed by atoms with Gasteiger partial charge in [-0.1, -0.05) is 6.07 Å². The van der Waals surface area contributed by atoms with Crippen LogP contribution in [-0.2, 0) is 0 Å². The zero-order valence-corrected chi connectivity index (χ0v) is 10.3. The lowest BCUT2D eigenvalue weighted by Gasteiger charge is -2.08. The summed E-state index contributed by atoms with van der Waals surface area (Å²) in [5, 5.41) is 11.4. The van der Waals surface area contributed by atoms with Crippen molar-refractivity contribution in [1.29, 1.82) is 0 Å². The third-order valence-corrected chi connectivity index (χ3v) is 2.41. The van der Waals surface area contributed by atoms with Gasteiger partial charge in [-0.15, -0.1) is 0 Å². The fraction of sp³-hybridized carbons (Fsp3) is 0.214. The summed E-state index contributed by atoms with van der Waals surface area (Å²) < 4.78 is 10.4. The van der Waals surface area contributed by atoms with Crippen LogP contribution < -0.4 is 10.1 Å². The molecule has 100 valence electrons. The van der Waals surface area contributed by atoms with E-state index in [-0.39, 0.29) is 18.3 Å². The molecular weight excluding hydrogens is 246 g/mol. The average Bonchev–Trinajstić information content (AvgIpc) is 2.93. The molecule has 0 aliphatic heterocycles. The van der Waals surface area contributed by atoms with E-state index in [9.17, 15) is 4.79 Å². The Bertz CT molecular complexity index is 522. The van der Waals surface area contributed by atoms with E-state index >= 15 is 0 Å². The van der Waals surface area contributed by atoms with E-state index in [0.717, 1.165) is 0 Å². The van der Waals surface area contributed by atoms with Gasteiger partial charge in [0.25, 0.3) is 5.91 Å². The Kier molecular flexibility index (Phi) is 4.58. The van der Waals surface area contributed by atoms with E-state index in [0.29, 0.717) is 24.5 Å². The van der Waals surface area contributed by atoms with Crippen LogP contribution in [0.15, 0.2) is 47.1 Å². The highest BCUT2D eigenvalue weighted by atomic mass is 16.5. The van der Waals surface area contributed by atoms with Gasteiger partial charge in [0.05, 0.1) is 12.9 Å². The largest absolute Gasteiger partial charge is 0.493 e. The summed E-state index contributed by atoms with van der Waals surface area (Å²) in [7, 11) is 0. The van der Waals surface area contributed by atoms with Gasteiger partial charge >= 0.3 is 0 Å². The number of carbonyl (C=O) groups excluding carboxylic acids is 1. The van der Waals surface area contributed by atoms with Gasteiger partial charge in [-0.3, -0.25) is 4.79 Å². The maximum atomic E-state index is 11.8. The Morgan fingerprint density at radius 3 is 2.95 bits per heavy atom. The number of amides is 1. The first-order valence-corrected chi connectivity index (χ1v) is 5.98. The van der Waals surface area contributed by atoms with Crippen LogP contribution in [0, 0.1) is 0 Å². The minimum atomic E-state index is -0.308. The van der Waals surface area contributed by atoms with Crippen LogP contribution in [0.3, 0.4) is 0 Å². The molecule has 1 aromatic carbocycles. The van der Waals surface area contributed by atoms with E-state index in [1.165, 1.54) is 6.26 Å². The molecule has 0 saturated heterocycles. The van der Waals surface area contributed by atoms with Crippen molar-refractivity contribution in [2.75, 3.05) is 18.5 Å². The van der Waals surface area contributed by atoms with Gasteiger partial charge in [0.15, 0.2) is 5.76 Å². The third-order valence-electron chi connectivity index (χ3n) is 2.41. The number of benzene rings is 1. The molecule has 2 N–H and O–H groups in total. The minimum Gasteiger partial charge on any atom is -0.493 e. The summed E-state index contributed by atoms with van der Waals surface area (Å²) in [5.74, 6) is 0.592. The monoisotopic (exact) mass is 261 g/mol. The van der Waals surface area contributed by atoms with Crippen LogP contribution in [0.1, 0.15) is 17.0 Å². The second-order valence-corrected chi connectivity index (χ2v) is 3.88. The van der Waals surface area contributed by atoms with Gasteiger partial charge in [-0.2, -0.15) is 0 Å². The number of nitrogens with one attached hydrogen (secondary N) is 1. The van der Waals surface area contributed by atoms with Gasteiger partial charge in [-0.25, -0.2) is 0 Å². The predicted molar refractivity (Wildman–Crippen MR) is 70.3 cm³/mol. The Balaban J connectivity index is 1.97. The van der Waals surface area contributed by atoms with Crippen LogP contribution in [0.4, 0.5) is 5.69 Å².